The Kier molecular flexibility index (Phi) is 5.60. The highest BCUT2D eigenvalue weighted by Crippen LogP contribution is 2.24. The SMILES string of the molecule is CSc1nnc(NC(=O)C(C)N(c2ccccc2)S(C)(=O)=O)s1. The number of hydrogen-bond donors (Lipinski definition) is 1. The summed E-state index contributed by atoms with van der Waals surface area (Å²) in [6.07, 6.45) is 2.93. The van der Waals surface area contributed by atoms with Gasteiger partial charge in [0.25, 0.3) is 0 Å². The first kappa shape index (κ1) is 17.7. The number of carbonyl (C=O) groups excluding carboxylic acids is 1. The molecule has 124 valence electrons. The van der Waals surface area contributed by atoms with Gasteiger partial charge in [0, 0.05) is 0 Å². The second-order valence-corrected chi connectivity index (χ2v) is 8.53. The van der Waals surface area contributed by atoms with Crippen molar-refractivity contribution in [2.24, 2.45) is 0 Å². The lowest BCUT2D eigenvalue weighted by molar-refractivity contribution is -0.116. The van der Waals surface area contributed by atoms with Crippen LogP contribution in [0, 0.1) is 0 Å². The Bertz CT molecular complexity index is 777. The minimum atomic E-state index is -3.62. The summed E-state index contributed by atoms with van der Waals surface area (Å²) in [5, 5.41) is 10.7. The largest absolute Gasteiger partial charge is 0.299 e. The van der Waals surface area contributed by atoms with E-state index in [0.717, 1.165) is 14.9 Å². The fourth-order valence-electron chi connectivity index (χ4n) is 1.94. The van der Waals surface area contributed by atoms with Gasteiger partial charge in [-0.1, -0.05) is 41.3 Å². The predicted molar refractivity (Wildman–Crippen MR) is 93.5 cm³/mol. The molecule has 0 saturated carbocycles. The molecule has 0 spiro atoms. The van der Waals surface area contributed by atoms with E-state index >= 15 is 0 Å². The predicted octanol–water partition coefficient (Wildman–Crippen LogP) is 2.05. The third-order valence-electron chi connectivity index (χ3n) is 2.91. The Morgan fingerprint density at radius 1 is 1.30 bits per heavy atom. The molecule has 1 unspecified atom stereocenters. The lowest BCUT2D eigenvalue weighted by Gasteiger charge is -2.27. The summed E-state index contributed by atoms with van der Waals surface area (Å²) in [4.78, 5) is 12.4. The van der Waals surface area contributed by atoms with Crippen LogP contribution in [0.15, 0.2) is 34.7 Å². The molecule has 1 aromatic carbocycles. The van der Waals surface area contributed by atoms with Crippen LogP contribution in [0.3, 0.4) is 0 Å². The van der Waals surface area contributed by atoms with Crippen LogP contribution in [0.1, 0.15) is 6.92 Å². The van der Waals surface area contributed by atoms with E-state index in [4.69, 9.17) is 0 Å². The maximum absolute atomic E-state index is 12.4. The van der Waals surface area contributed by atoms with Crippen molar-refractivity contribution in [3.63, 3.8) is 0 Å². The Morgan fingerprint density at radius 3 is 2.48 bits per heavy atom. The summed E-state index contributed by atoms with van der Waals surface area (Å²) < 4.78 is 26.0. The quantitative estimate of drug-likeness (QED) is 0.616. The van der Waals surface area contributed by atoms with E-state index in [1.54, 1.807) is 30.3 Å². The van der Waals surface area contributed by atoms with Gasteiger partial charge in [-0.15, -0.1) is 10.2 Å². The molecule has 2 rings (SSSR count). The summed E-state index contributed by atoms with van der Waals surface area (Å²) in [6.45, 7) is 1.53. The summed E-state index contributed by atoms with van der Waals surface area (Å²) >= 11 is 2.65. The van der Waals surface area contributed by atoms with Gasteiger partial charge < -0.3 is 0 Å². The standard InChI is InChI=1S/C13H16N4O3S3/c1-9(11(18)14-12-15-16-13(21-2)22-12)17(23(3,19)20)10-7-5-4-6-8-10/h4-9H,1-3H3,(H,14,15,18). The van der Waals surface area contributed by atoms with Crippen molar-refractivity contribution in [1.82, 2.24) is 10.2 Å². The molecule has 1 aromatic heterocycles. The van der Waals surface area contributed by atoms with E-state index in [2.05, 4.69) is 15.5 Å². The number of hydrogen-bond acceptors (Lipinski definition) is 7. The van der Waals surface area contributed by atoms with Gasteiger partial charge in [0.2, 0.25) is 21.1 Å². The second kappa shape index (κ2) is 7.28. The summed E-state index contributed by atoms with van der Waals surface area (Å²) in [7, 11) is -3.62. The van der Waals surface area contributed by atoms with Gasteiger partial charge in [-0.05, 0) is 25.3 Å². The molecule has 23 heavy (non-hydrogen) atoms. The molecule has 0 radical (unpaired) electrons. The van der Waals surface area contributed by atoms with Crippen LogP contribution in [0.25, 0.3) is 0 Å². The van der Waals surface area contributed by atoms with E-state index < -0.39 is 22.0 Å². The fraction of sp³-hybridized carbons (Fsp3) is 0.308. The van der Waals surface area contributed by atoms with Crippen LogP contribution < -0.4 is 9.62 Å². The number of carbonyl (C=O) groups is 1. The fourth-order valence-corrected chi connectivity index (χ4v) is 4.28. The molecular weight excluding hydrogens is 356 g/mol. The molecule has 1 amide bonds. The number of nitrogens with zero attached hydrogens (tertiary/aromatic N) is 3. The first-order chi connectivity index (χ1) is 10.8. The van der Waals surface area contributed by atoms with Gasteiger partial charge in [0.1, 0.15) is 6.04 Å². The molecule has 0 bridgehead atoms. The number of amides is 1. The van der Waals surface area contributed by atoms with Gasteiger partial charge in [-0.3, -0.25) is 14.4 Å². The van der Waals surface area contributed by atoms with E-state index in [9.17, 15) is 13.2 Å². The average molecular weight is 372 g/mol. The second-order valence-electron chi connectivity index (χ2n) is 4.64. The van der Waals surface area contributed by atoms with Crippen molar-refractivity contribution in [2.45, 2.75) is 17.3 Å². The smallest absolute Gasteiger partial charge is 0.249 e. The number of benzene rings is 1. The Labute approximate surface area is 143 Å². The zero-order chi connectivity index (χ0) is 17.0. The number of aromatic nitrogens is 2. The van der Waals surface area contributed by atoms with E-state index in [-0.39, 0.29) is 0 Å². The van der Waals surface area contributed by atoms with Crippen LogP contribution in [0.4, 0.5) is 10.8 Å². The van der Waals surface area contributed by atoms with Gasteiger partial charge in [-0.25, -0.2) is 8.42 Å². The highest BCUT2D eigenvalue weighted by molar-refractivity contribution is 8.00. The molecule has 7 nitrogen and oxygen atoms in total. The van der Waals surface area contributed by atoms with Gasteiger partial charge in [0.05, 0.1) is 11.9 Å². The first-order valence-electron chi connectivity index (χ1n) is 6.55. The Morgan fingerprint density at radius 2 is 1.96 bits per heavy atom. The van der Waals surface area contributed by atoms with Gasteiger partial charge in [-0.2, -0.15) is 0 Å². The number of sulfonamides is 1. The summed E-state index contributed by atoms with van der Waals surface area (Å²) in [5.74, 6) is -0.469. The summed E-state index contributed by atoms with van der Waals surface area (Å²) in [6, 6.07) is 7.57. The number of rotatable bonds is 6. The molecule has 0 aliphatic heterocycles. The molecule has 0 saturated heterocycles. The normalized spacial score (nSPS) is 12.7. The Balaban J connectivity index is 2.23. The highest BCUT2D eigenvalue weighted by Gasteiger charge is 2.29. The number of anilines is 2. The Hall–Kier alpha value is -1.65. The monoisotopic (exact) mass is 372 g/mol. The molecule has 1 heterocycles. The minimum Gasteiger partial charge on any atom is -0.299 e. The molecule has 0 fully saturated rings. The van der Waals surface area contributed by atoms with Gasteiger partial charge in [0.15, 0.2) is 4.34 Å². The molecule has 1 N–H and O–H groups in total. The van der Waals surface area contributed by atoms with Crippen LogP contribution in [-0.4, -0.2) is 43.1 Å². The lowest BCUT2D eigenvalue weighted by Crippen LogP contribution is -2.45. The van der Waals surface area contributed by atoms with Crippen LogP contribution in [0.5, 0.6) is 0 Å². The maximum Gasteiger partial charge on any atom is 0.249 e. The third kappa shape index (κ3) is 4.43. The van der Waals surface area contributed by atoms with Crippen molar-refractivity contribution in [3.8, 4) is 0 Å². The van der Waals surface area contributed by atoms with Crippen LogP contribution in [-0.2, 0) is 14.8 Å². The zero-order valence-corrected chi connectivity index (χ0v) is 15.2. The number of thioether (sulfide) groups is 1. The molecule has 0 aliphatic carbocycles. The van der Waals surface area contributed by atoms with Gasteiger partial charge >= 0.3 is 0 Å². The van der Waals surface area contributed by atoms with E-state index in [1.807, 2.05) is 6.26 Å². The maximum atomic E-state index is 12.4. The molecule has 2 aromatic rings. The van der Waals surface area contributed by atoms with Crippen molar-refractivity contribution >= 4 is 49.8 Å². The van der Waals surface area contributed by atoms with E-state index in [0.29, 0.717) is 10.8 Å². The third-order valence-corrected chi connectivity index (χ3v) is 5.97. The van der Waals surface area contributed by atoms with Crippen LogP contribution in [0.2, 0.25) is 0 Å². The van der Waals surface area contributed by atoms with Crippen molar-refractivity contribution < 1.29 is 13.2 Å². The topological polar surface area (TPSA) is 92.3 Å². The van der Waals surface area contributed by atoms with Crippen molar-refractivity contribution in [3.05, 3.63) is 30.3 Å². The van der Waals surface area contributed by atoms with E-state index in [1.165, 1.54) is 30.0 Å². The zero-order valence-electron chi connectivity index (χ0n) is 12.8. The molecule has 0 aliphatic rings. The van der Waals surface area contributed by atoms with Crippen molar-refractivity contribution in [1.29, 1.82) is 0 Å². The van der Waals surface area contributed by atoms with Crippen LogP contribution >= 0.6 is 23.1 Å². The highest BCUT2D eigenvalue weighted by atomic mass is 32.2. The first-order valence-corrected chi connectivity index (χ1v) is 10.4. The number of nitrogens with one attached hydrogen (secondary N) is 1. The molecule has 10 heteroatoms. The number of para-hydroxylation sites is 1. The summed E-state index contributed by atoms with van der Waals surface area (Å²) in [5.41, 5.74) is 0.430. The minimum absolute atomic E-state index is 0.340. The lowest BCUT2D eigenvalue weighted by atomic mass is 10.2. The molecule has 1 atom stereocenters. The molecular formula is C13H16N4O3S3. The average Bonchev–Trinajstić information content (AvgIpc) is 2.94. The van der Waals surface area contributed by atoms with Crippen molar-refractivity contribution in [2.75, 3.05) is 22.1 Å².